The van der Waals surface area contributed by atoms with Gasteiger partial charge in [0.1, 0.15) is 11.5 Å². The van der Waals surface area contributed by atoms with Crippen molar-refractivity contribution in [3.63, 3.8) is 0 Å². The van der Waals surface area contributed by atoms with Gasteiger partial charge in [-0.05, 0) is 15.9 Å². The number of ether oxygens (including phenoxy) is 2. The summed E-state index contributed by atoms with van der Waals surface area (Å²) >= 11 is 3.15. The molecule has 1 aromatic heterocycles. The Kier molecular flexibility index (Phi) is 3.66. The standard InChI is InChI=1S/C12H13BrFN3O2/c1-17-9(15)5-7(16-17)10-11(14)6(13)4-8(18-2)12(10)19-3/h4-5H,15H2,1-3H3. The third-order valence-electron chi connectivity index (χ3n) is 2.73. The molecule has 102 valence electrons. The maximum absolute atomic E-state index is 14.3. The van der Waals surface area contributed by atoms with Gasteiger partial charge in [0.05, 0.1) is 24.3 Å². The van der Waals surface area contributed by atoms with Crippen LogP contribution >= 0.6 is 15.9 Å². The van der Waals surface area contributed by atoms with Crippen LogP contribution in [0.4, 0.5) is 10.2 Å². The number of hydrogen-bond donors (Lipinski definition) is 1. The molecule has 2 aromatic rings. The molecule has 7 heteroatoms. The fourth-order valence-electron chi connectivity index (χ4n) is 1.77. The molecule has 0 saturated heterocycles. The topological polar surface area (TPSA) is 62.3 Å². The van der Waals surface area contributed by atoms with E-state index in [1.54, 1.807) is 13.1 Å². The van der Waals surface area contributed by atoms with Gasteiger partial charge in [0.25, 0.3) is 0 Å². The largest absolute Gasteiger partial charge is 0.493 e. The van der Waals surface area contributed by atoms with Crippen molar-refractivity contribution in [2.45, 2.75) is 0 Å². The van der Waals surface area contributed by atoms with E-state index < -0.39 is 5.82 Å². The average molecular weight is 330 g/mol. The number of aryl methyl sites for hydroxylation is 1. The van der Waals surface area contributed by atoms with Crippen LogP contribution in [0.15, 0.2) is 16.6 Å². The van der Waals surface area contributed by atoms with Crippen LogP contribution in [-0.2, 0) is 7.05 Å². The first-order chi connectivity index (χ1) is 8.99. The molecule has 0 aliphatic heterocycles. The number of nitrogens with zero attached hydrogens (tertiary/aromatic N) is 2. The zero-order chi connectivity index (χ0) is 14.2. The third-order valence-corrected chi connectivity index (χ3v) is 3.31. The zero-order valence-electron chi connectivity index (χ0n) is 10.7. The number of nitrogens with two attached hydrogens (primary N) is 1. The molecule has 0 amide bonds. The third kappa shape index (κ3) is 2.25. The first-order valence-corrected chi connectivity index (χ1v) is 6.18. The Balaban J connectivity index is 2.76. The van der Waals surface area contributed by atoms with Gasteiger partial charge in [-0.2, -0.15) is 5.10 Å². The van der Waals surface area contributed by atoms with Crippen LogP contribution in [0.25, 0.3) is 11.3 Å². The van der Waals surface area contributed by atoms with Crippen LogP contribution in [0, 0.1) is 5.82 Å². The highest BCUT2D eigenvalue weighted by Crippen LogP contribution is 2.43. The lowest BCUT2D eigenvalue weighted by atomic mass is 10.1. The van der Waals surface area contributed by atoms with E-state index in [0.717, 1.165) is 0 Å². The number of halogens is 2. The van der Waals surface area contributed by atoms with Crippen LogP contribution < -0.4 is 15.2 Å². The number of anilines is 1. The normalized spacial score (nSPS) is 10.6. The molecule has 0 aliphatic carbocycles. The van der Waals surface area contributed by atoms with E-state index in [4.69, 9.17) is 15.2 Å². The van der Waals surface area contributed by atoms with Gasteiger partial charge in [0.15, 0.2) is 17.3 Å². The predicted octanol–water partition coefficient (Wildman–Crippen LogP) is 2.59. The minimum atomic E-state index is -0.476. The van der Waals surface area contributed by atoms with Gasteiger partial charge >= 0.3 is 0 Å². The Hall–Kier alpha value is -1.76. The molecular weight excluding hydrogens is 317 g/mol. The first-order valence-electron chi connectivity index (χ1n) is 5.39. The Morgan fingerprint density at radius 2 is 2.00 bits per heavy atom. The van der Waals surface area contributed by atoms with Crippen molar-refractivity contribution in [2.75, 3.05) is 20.0 Å². The number of aromatic nitrogens is 2. The van der Waals surface area contributed by atoms with E-state index in [2.05, 4.69) is 21.0 Å². The average Bonchev–Trinajstić information content (AvgIpc) is 2.71. The van der Waals surface area contributed by atoms with Gasteiger partial charge < -0.3 is 15.2 Å². The van der Waals surface area contributed by atoms with E-state index in [1.807, 2.05) is 0 Å². The molecule has 0 aliphatic rings. The Morgan fingerprint density at radius 1 is 1.32 bits per heavy atom. The lowest BCUT2D eigenvalue weighted by Crippen LogP contribution is -1.99. The van der Waals surface area contributed by atoms with Crippen LogP contribution in [0.1, 0.15) is 0 Å². The fraction of sp³-hybridized carbons (Fsp3) is 0.250. The highest BCUT2D eigenvalue weighted by Gasteiger charge is 2.22. The highest BCUT2D eigenvalue weighted by atomic mass is 79.9. The van der Waals surface area contributed by atoms with Crippen molar-refractivity contribution in [1.82, 2.24) is 9.78 Å². The van der Waals surface area contributed by atoms with Gasteiger partial charge in [-0.25, -0.2) is 4.39 Å². The molecule has 0 unspecified atom stereocenters. The highest BCUT2D eigenvalue weighted by molar-refractivity contribution is 9.10. The molecule has 0 bridgehead atoms. The SMILES string of the molecule is COc1cc(Br)c(F)c(-c2cc(N)n(C)n2)c1OC. The van der Waals surface area contributed by atoms with Crippen LogP contribution in [0.3, 0.4) is 0 Å². The minimum absolute atomic E-state index is 0.209. The Morgan fingerprint density at radius 3 is 2.47 bits per heavy atom. The molecule has 2 N–H and O–H groups in total. The van der Waals surface area contributed by atoms with Crippen molar-refractivity contribution in [1.29, 1.82) is 0 Å². The van der Waals surface area contributed by atoms with Gasteiger partial charge in [0.2, 0.25) is 0 Å². The van der Waals surface area contributed by atoms with Gasteiger partial charge in [-0.1, -0.05) is 0 Å². The summed E-state index contributed by atoms with van der Waals surface area (Å²) in [5, 5.41) is 4.16. The molecule has 0 radical (unpaired) electrons. The molecule has 0 spiro atoms. The number of methoxy groups -OCH3 is 2. The van der Waals surface area contributed by atoms with E-state index in [-0.39, 0.29) is 15.8 Å². The number of hydrogen-bond acceptors (Lipinski definition) is 4. The molecule has 2 rings (SSSR count). The molecule has 1 aromatic carbocycles. The second kappa shape index (κ2) is 5.08. The van der Waals surface area contributed by atoms with Crippen molar-refractivity contribution in [3.05, 3.63) is 22.4 Å². The molecule has 5 nitrogen and oxygen atoms in total. The van der Waals surface area contributed by atoms with E-state index in [1.165, 1.54) is 25.0 Å². The van der Waals surface area contributed by atoms with E-state index in [0.29, 0.717) is 17.3 Å². The second-order valence-corrected chi connectivity index (χ2v) is 4.72. The quantitative estimate of drug-likeness (QED) is 0.940. The minimum Gasteiger partial charge on any atom is -0.493 e. The van der Waals surface area contributed by atoms with Gasteiger partial charge in [-0.3, -0.25) is 4.68 Å². The summed E-state index contributed by atoms with van der Waals surface area (Å²) in [4.78, 5) is 0. The zero-order valence-corrected chi connectivity index (χ0v) is 12.3. The molecule has 0 fully saturated rings. The summed E-state index contributed by atoms with van der Waals surface area (Å²) in [7, 11) is 4.61. The van der Waals surface area contributed by atoms with Crippen molar-refractivity contribution in [3.8, 4) is 22.8 Å². The van der Waals surface area contributed by atoms with Crippen LogP contribution in [0.2, 0.25) is 0 Å². The molecule has 1 heterocycles. The monoisotopic (exact) mass is 329 g/mol. The summed E-state index contributed by atoms with van der Waals surface area (Å²) < 4.78 is 26.5. The van der Waals surface area contributed by atoms with Crippen molar-refractivity contribution >= 4 is 21.7 Å². The molecular formula is C12H13BrFN3O2. The summed E-state index contributed by atoms with van der Waals surface area (Å²) in [6.07, 6.45) is 0. The van der Waals surface area contributed by atoms with Crippen LogP contribution in [0.5, 0.6) is 11.5 Å². The van der Waals surface area contributed by atoms with Crippen molar-refractivity contribution < 1.29 is 13.9 Å². The van der Waals surface area contributed by atoms with Crippen LogP contribution in [-0.4, -0.2) is 24.0 Å². The maximum atomic E-state index is 14.3. The maximum Gasteiger partial charge on any atom is 0.173 e. The van der Waals surface area contributed by atoms with Gasteiger partial charge in [-0.15, -0.1) is 0 Å². The number of benzene rings is 1. The van der Waals surface area contributed by atoms with E-state index in [9.17, 15) is 4.39 Å². The number of nitrogen functional groups attached to an aromatic ring is 1. The summed E-state index contributed by atoms with van der Waals surface area (Å²) in [6.45, 7) is 0. The smallest absolute Gasteiger partial charge is 0.173 e. The van der Waals surface area contributed by atoms with Gasteiger partial charge in [0, 0.05) is 19.2 Å². The molecule has 0 saturated carbocycles. The first kappa shape index (κ1) is 13.7. The number of rotatable bonds is 3. The van der Waals surface area contributed by atoms with Crippen molar-refractivity contribution in [2.24, 2.45) is 7.05 Å². The molecule has 19 heavy (non-hydrogen) atoms. The fourth-order valence-corrected chi connectivity index (χ4v) is 2.18. The van der Waals surface area contributed by atoms with E-state index >= 15 is 0 Å². The summed E-state index contributed by atoms with van der Waals surface area (Å²) in [6, 6.07) is 3.08. The predicted molar refractivity (Wildman–Crippen MR) is 73.8 cm³/mol. The summed E-state index contributed by atoms with van der Waals surface area (Å²) in [5.41, 5.74) is 6.31. The molecule has 0 atom stereocenters. The Bertz CT molecular complexity index is 608. The second-order valence-electron chi connectivity index (χ2n) is 3.86. The Labute approximate surface area is 118 Å². The summed E-state index contributed by atoms with van der Waals surface area (Å²) in [5.74, 6) is 0.641. The lowest BCUT2D eigenvalue weighted by Gasteiger charge is -2.13. The lowest BCUT2D eigenvalue weighted by molar-refractivity contribution is 0.353.